The maximum atomic E-state index is 10.3. The van der Waals surface area contributed by atoms with E-state index in [2.05, 4.69) is 26.8 Å². The first-order valence-electron chi connectivity index (χ1n) is 6.52. The summed E-state index contributed by atoms with van der Waals surface area (Å²) in [5.41, 5.74) is 1.56. The quantitative estimate of drug-likeness (QED) is 0.655. The van der Waals surface area contributed by atoms with Crippen molar-refractivity contribution in [1.29, 1.82) is 0 Å². The highest BCUT2D eigenvalue weighted by Gasteiger charge is 2.39. The van der Waals surface area contributed by atoms with Gasteiger partial charge in [0, 0.05) is 5.92 Å². The molecule has 0 aliphatic heterocycles. The normalized spacial score (nSPS) is 45.9. The van der Waals surface area contributed by atoms with E-state index < -0.39 is 0 Å². The van der Waals surface area contributed by atoms with Gasteiger partial charge >= 0.3 is 0 Å². The summed E-state index contributed by atoms with van der Waals surface area (Å²) in [6.07, 6.45) is 7.09. The van der Waals surface area contributed by atoms with Crippen molar-refractivity contribution in [3.05, 3.63) is 11.6 Å². The average molecular weight is 208 g/mol. The molecule has 0 saturated heterocycles. The molecule has 0 spiro atoms. The molecule has 0 heterocycles. The number of hydrogen-bond acceptors (Lipinski definition) is 1. The third-order valence-electron chi connectivity index (χ3n) is 4.51. The lowest BCUT2D eigenvalue weighted by Crippen LogP contribution is -2.39. The lowest BCUT2D eigenvalue weighted by atomic mass is 9.63. The molecule has 15 heavy (non-hydrogen) atoms. The third kappa shape index (κ3) is 1.99. The minimum atomic E-state index is -0.0762. The molecule has 1 saturated carbocycles. The maximum Gasteiger partial charge on any atom is 0.0613 e. The number of fused-ring (bicyclic) bond motifs is 1. The van der Waals surface area contributed by atoms with Crippen LogP contribution in [0.2, 0.25) is 0 Å². The van der Waals surface area contributed by atoms with E-state index in [1.54, 1.807) is 5.57 Å². The summed E-state index contributed by atoms with van der Waals surface area (Å²) in [5, 5.41) is 10.3. The van der Waals surface area contributed by atoms with Gasteiger partial charge in [0.2, 0.25) is 0 Å². The topological polar surface area (TPSA) is 20.2 Å². The van der Waals surface area contributed by atoms with Gasteiger partial charge in [-0.05, 0) is 37.0 Å². The van der Waals surface area contributed by atoms with Crippen LogP contribution in [0.25, 0.3) is 0 Å². The lowest BCUT2D eigenvalue weighted by molar-refractivity contribution is 0.0341. The summed E-state index contributed by atoms with van der Waals surface area (Å²) in [5.74, 6) is 2.57. The van der Waals surface area contributed by atoms with Crippen molar-refractivity contribution in [2.45, 2.75) is 52.6 Å². The highest BCUT2D eigenvalue weighted by atomic mass is 16.3. The fourth-order valence-electron chi connectivity index (χ4n) is 3.75. The predicted octanol–water partition coefficient (Wildman–Crippen LogP) is 3.39. The summed E-state index contributed by atoms with van der Waals surface area (Å²) in [6.45, 7) is 6.86. The predicted molar refractivity (Wildman–Crippen MR) is 63.5 cm³/mol. The molecule has 0 amide bonds. The van der Waals surface area contributed by atoms with E-state index in [4.69, 9.17) is 0 Å². The molecule has 0 bridgehead atoms. The molecule has 2 unspecified atom stereocenters. The summed E-state index contributed by atoms with van der Waals surface area (Å²) in [7, 11) is 0. The lowest BCUT2D eigenvalue weighted by Gasteiger charge is -2.44. The highest BCUT2D eigenvalue weighted by Crippen LogP contribution is 2.45. The molecule has 0 aromatic heterocycles. The Balaban J connectivity index is 2.25. The van der Waals surface area contributed by atoms with Crippen molar-refractivity contribution in [3.8, 4) is 0 Å². The van der Waals surface area contributed by atoms with E-state index in [9.17, 15) is 5.11 Å². The zero-order valence-corrected chi connectivity index (χ0v) is 10.2. The van der Waals surface area contributed by atoms with Crippen molar-refractivity contribution in [3.63, 3.8) is 0 Å². The molecule has 1 heteroatoms. The summed E-state index contributed by atoms with van der Waals surface area (Å²) >= 11 is 0. The van der Waals surface area contributed by atoms with Crippen molar-refractivity contribution >= 4 is 0 Å². The van der Waals surface area contributed by atoms with Crippen LogP contribution in [-0.2, 0) is 0 Å². The van der Waals surface area contributed by atoms with Crippen LogP contribution in [0.5, 0.6) is 0 Å². The minimum Gasteiger partial charge on any atom is -0.392 e. The monoisotopic (exact) mass is 208 g/mol. The molecule has 0 aromatic carbocycles. The number of aliphatic hydroxyl groups is 1. The van der Waals surface area contributed by atoms with Crippen molar-refractivity contribution in [1.82, 2.24) is 0 Å². The molecule has 5 atom stereocenters. The smallest absolute Gasteiger partial charge is 0.0613 e. The fraction of sp³-hybridized carbons (Fsp3) is 0.857. The van der Waals surface area contributed by atoms with Crippen LogP contribution < -0.4 is 0 Å². The zero-order valence-electron chi connectivity index (χ0n) is 10.2. The first-order chi connectivity index (χ1) is 7.13. The van der Waals surface area contributed by atoms with Gasteiger partial charge in [-0.15, -0.1) is 0 Å². The Kier molecular flexibility index (Phi) is 3.20. The number of hydrogen-bond donors (Lipinski definition) is 1. The molecule has 0 radical (unpaired) electrons. The number of rotatable bonds is 1. The Morgan fingerprint density at radius 3 is 2.80 bits per heavy atom. The fourth-order valence-corrected chi connectivity index (χ4v) is 3.75. The minimum absolute atomic E-state index is 0.0762. The van der Waals surface area contributed by atoms with E-state index in [1.807, 2.05) is 0 Å². The summed E-state index contributed by atoms with van der Waals surface area (Å²) in [6, 6.07) is 0. The Morgan fingerprint density at radius 2 is 2.13 bits per heavy atom. The van der Waals surface area contributed by atoms with E-state index in [-0.39, 0.29) is 6.10 Å². The molecule has 2 rings (SSSR count). The van der Waals surface area contributed by atoms with E-state index in [0.717, 1.165) is 12.3 Å². The number of aliphatic hydroxyl groups excluding tert-OH is 1. The van der Waals surface area contributed by atoms with Crippen molar-refractivity contribution < 1.29 is 5.11 Å². The third-order valence-corrected chi connectivity index (χ3v) is 4.51. The van der Waals surface area contributed by atoms with Gasteiger partial charge in [-0.2, -0.15) is 0 Å². The van der Waals surface area contributed by atoms with Gasteiger partial charge in [0.25, 0.3) is 0 Å². The standard InChI is InChI=1S/C14H24O/c1-4-12-10(3)5-6-11-7-9(2)8-13(15)14(11)12/h7,9-10,12-15H,4-6,8H2,1-3H3/t9-,10?,12-,13-,14?/m0/s1. The summed E-state index contributed by atoms with van der Waals surface area (Å²) in [4.78, 5) is 0. The molecular formula is C14H24O. The first-order valence-corrected chi connectivity index (χ1v) is 6.52. The van der Waals surface area contributed by atoms with Gasteiger partial charge in [-0.25, -0.2) is 0 Å². The average Bonchev–Trinajstić information content (AvgIpc) is 2.18. The Bertz CT molecular complexity index is 256. The van der Waals surface area contributed by atoms with Crippen molar-refractivity contribution in [2.75, 3.05) is 0 Å². The highest BCUT2D eigenvalue weighted by molar-refractivity contribution is 5.18. The van der Waals surface area contributed by atoms with Crippen LogP contribution in [0.4, 0.5) is 0 Å². The van der Waals surface area contributed by atoms with Gasteiger partial charge in [-0.3, -0.25) is 0 Å². The van der Waals surface area contributed by atoms with E-state index in [1.165, 1.54) is 19.3 Å². The molecule has 0 aromatic rings. The molecule has 2 aliphatic carbocycles. The van der Waals surface area contributed by atoms with Crippen LogP contribution in [0.3, 0.4) is 0 Å². The second kappa shape index (κ2) is 4.29. The second-order valence-corrected chi connectivity index (χ2v) is 5.64. The van der Waals surface area contributed by atoms with Crippen LogP contribution in [0.1, 0.15) is 46.5 Å². The van der Waals surface area contributed by atoms with Gasteiger partial charge in [0.15, 0.2) is 0 Å². The van der Waals surface area contributed by atoms with Gasteiger partial charge < -0.3 is 5.11 Å². The van der Waals surface area contributed by atoms with E-state index in [0.29, 0.717) is 17.8 Å². The first kappa shape index (κ1) is 11.2. The van der Waals surface area contributed by atoms with Crippen LogP contribution in [0, 0.1) is 23.7 Å². The van der Waals surface area contributed by atoms with Crippen LogP contribution >= 0.6 is 0 Å². The van der Waals surface area contributed by atoms with Gasteiger partial charge in [0.1, 0.15) is 0 Å². The second-order valence-electron chi connectivity index (χ2n) is 5.64. The van der Waals surface area contributed by atoms with Crippen LogP contribution in [0.15, 0.2) is 11.6 Å². The van der Waals surface area contributed by atoms with Gasteiger partial charge in [-0.1, -0.05) is 38.8 Å². The van der Waals surface area contributed by atoms with Crippen LogP contribution in [-0.4, -0.2) is 11.2 Å². The molecule has 1 N–H and O–H groups in total. The Labute approximate surface area is 93.6 Å². The molecule has 1 nitrogen and oxygen atoms in total. The van der Waals surface area contributed by atoms with Gasteiger partial charge in [0.05, 0.1) is 6.10 Å². The van der Waals surface area contributed by atoms with E-state index >= 15 is 0 Å². The van der Waals surface area contributed by atoms with Crippen molar-refractivity contribution in [2.24, 2.45) is 23.7 Å². The maximum absolute atomic E-state index is 10.3. The molecule has 86 valence electrons. The molecular weight excluding hydrogens is 184 g/mol. The SMILES string of the molecule is CC[C@H]1C(C)CCC2=C[C@H](C)C[C@H](O)C21. The summed E-state index contributed by atoms with van der Waals surface area (Å²) < 4.78 is 0. The largest absolute Gasteiger partial charge is 0.392 e. The molecule has 1 fully saturated rings. The Morgan fingerprint density at radius 1 is 1.40 bits per heavy atom. The zero-order chi connectivity index (χ0) is 11.0. The Hall–Kier alpha value is -0.300. The number of allylic oxidation sites excluding steroid dienone is 1. The molecule has 2 aliphatic rings.